The monoisotopic (exact) mass is 279 g/mol. The van der Waals surface area contributed by atoms with E-state index in [1.807, 2.05) is 0 Å². The minimum atomic E-state index is -0.416. The Balaban J connectivity index is 2.12. The standard InChI is InChI=1S/C15H15F2NO2/c1-19-13-4-2-10(14(17)7-13)9-20-15-5-3-12(16)6-11(15)8-18/h2-7H,8-9,18H2,1H3. The van der Waals surface area contributed by atoms with Crippen LogP contribution in [0.1, 0.15) is 11.1 Å². The largest absolute Gasteiger partial charge is 0.497 e. The van der Waals surface area contributed by atoms with Crippen LogP contribution in [-0.2, 0) is 13.2 Å². The maximum Gasteiger partial charge on any atom is 0.133 e. The molecule has 0 aromatic heterocycles. The third kappa shape index (κ3) is 3.24. The number of methoxy groups -OCH3 is 1. The normalized spacial score (nSPS) is 10.4. The molecule has 3 nitrogen and oxygen atoms in total. The van der Waals surface area contributed by atoms with Crippen molar-refractivity contribution in [3.05, 3.63) is 59.2 Å². The molecule has 0 heterocycles. The van der Waals surface area contributed by atoms with Crippen LogP contribution in [-0.4, -0.2) is 7.11 Å². The molecule has 2 N–H and O–H groups in total. The van der Waals surface area contributed by atoms with Crippen LogP contribution in [0.15, 0.2) is 36.4 Å². The molecule has 0 fully saturated rings. The van der Waals surface area contributed by atoms with Crippen molar-refractivity contribution in [1.82, 2.24) is 0 Å². The van der Waals surface area contributed by atoms with E-state index in [0.717, 1.165) is 0 Å². The molecule has 0 amide bonds. The third-order valence-corrected chi connectivity index (χ3v) is 2.89. The van der Waals surface area contributed by atoms with Crippen molar-refractivity contribution in [1.29, 1.82) is 0 Å². The summed E-state index contributed by atoms with van der Waals surface area (Å²) in [5.41, 5.74) is 6.45. The van der Waals surface area contributed by atoms with E-state index in [4.69, 9.17) is 15.2 Å². The minimum absolute atomic E-state index is 0.0362. The van der Waals surface area contributed by atoms with E-state index < -0.39 is 5.82 Å². The van der Waals surface area contributed by atoms with Crippen molar-refractivity contribution in [3.8, 4) is 11.5 Å². The summed E-state index contributed by atoms with van der Waals surface area (Å²) in [4.78, 5) is 0. The van der Waals surface area contributed by atoms with Gasteiger partial charge in [-0.05, 0) is 30.3 Å². The van der Waals surface area contributed by atoms with Gasteiger partial charge < -0.3 is 15.2 Å². The zero-order valence-corrected chi connectivity index (χ0v) is 11.0. The number of nitrogens with two attached hydrogens (primary N) is 1. The molecule has 2 aromatic rings. The van der Waals surface area contributed by atoms with E-state index in [0.29, 0.717) is 22.6 Å². The van der Waals surface area contributed by atoms with Gasteiger partial charge in [-0.1, -0.05) is 0 Å². The highest BCUT2D eigenvalue weighted by molar-refractivity contribution is 5.34. The van der Waals surface area contributed by atoms with Crippen molar-refractivity contribution in [2.75, 3.05) is 7.11 Å². The first-order chi connectivity index (χ1) is 9.63. The predicted octanol–water partition coefficient (Wildman–Crippen LogP) is 3.01. The summed E-state index contributed by atoms with van der Waals surface area (Å²) in [7, 11) is 1.47. The lowest BCUT2D eigenvalue weighted by Gasteiger charge is -2.11. The lowest BCUT2D eigenvalue weighted by atomic mass is 10.2. The maximum atomic E-state index is 13.7. The fourth-order valence-corrected chi connectivity index (χ4v) is 1.78. The molecule has 0 saturated heterocycles. The molecule has 0 unspecified atom stereocenters. The Bertz CT molecular complexity index is 602. The molecule has 0 radical (unpaired) electrons. The summed E-state index contributed by atoms with van der Waals surface area (Å²) < 4.78 is 37.2. The van der Waals surface area contributed by atoms with Crippen LogP contribution in [0.2, 0.25) is 0 Å². The van der Waals surface area contributed by atoms with Gasteiger partial charge in [-0.25, -0.2) is 8.78 Å². The number of benzene rings is 2. The summed E-state index contributed by atoms with van der Waals surface area (Å²) >= 11 is 0. The van der Waals surface area contributed by atoms with Crippen LogP contribution in [0.25, 0.3) is 0 Å². The van der Waals surface area contributed by atoms with Gasteiger partial charge >= 0.3 is 0 Å². The second kappa shape index (κ2) is 6.34. The zero-order valence-electron chi connectivity index (χ0n) is 11.0. The van der Waals surface area contributed by atoms with Crippen LogP contribution in [0.4, 0.5) is 8.78 Å². The number of halogens is 2. The highest BCUT2D eigenvalue weighted by atomic mass is 19.1. The van der Waals surface area contributed by atoms with Gasteiger partial charge in [0.05, 0.1) is 7.11 Å². The molecule has 5 heteroatoms. The molecule has 20 heavy (non-hydrogen) atoms. The van der Waals surface area contributed by atoms with Crippen molar-refractivity contribution in [2.45, 2.75) is 13.2 Å². The van der Waals surface area contributed by atoms with Crippen LogP contribution >= 0.6 is 0 Å². The summed E-state index contributed by atoms with van der Waals surface area (Å²) in [6, 6.07) is 8.58. The molecule has 0 atom stereocenters. The second-order valence-corrected chi connectivity index (χ2v) is 4.20. The molecule has 2 rings (SSSR count). The van der Waals surface area contributed by atoms with Crippen LogP contribution in [0.5, 0.6) is 11.5 Å². The Morgan fingerprint density at radius 2 is 1.85 bits per heavy atom. The fourth-order valence-electron chi connectivity index (χ4n) is 1.78. The van der Waals surface area contributed by atoms with Gasteiger partial charge in [0.25, 0.3) is 0 Å². The molecule has 0 aliphatic carbocycles. The number of rotatable bonds is 5. The summed E-state index contributed by atoms with van der Waals surface area (Å²) in [5, 5.41) is 0. The van der Waals surface area contributed by atoms with Gasteiger partial charge in [0.1, 0.15) is 29.7 Å². The van der Waals surface area contributed by atoms with E-state index in [9.17, 15) is 8.78 Å². The first kappa shape index (κ1) is 14.3. The summed E-state index contributed by atoms with van der Waals surface area (Å²) in [6.07, 6.45) is 0. The minimum Gasteiger partial charge on any atom is -0.497 e. The Labute approximate surface area is 115 Å². The smallest absolute Gasteiger partial charge is 0.133 e. The van der Waals surface area contributed by atoms with Gasteiger partial charge in [0.15, 0.2) is 0 Å². The Kier molecular flexibility index (Phi) is 4.53. The second-order valence-electron chi connectivity index (χ2n) is 4.20. The Hall–Kier alpha value is -2.14. The van der Waals surface area contributed by atoms with Crippen molar-refractivity contribution < 1.29 is 18.3 Å². The van der Waals surface area contributed by atoms with Crippen molar-refractivity contribution >= 4 is 0 Å². The molecule has 0 aliphatic rings. The molecule has 0 spiro atoms. The number of hydrogen-bond acceptors (Lipinski definition) is 3. The summed E-state index contributed by atoms with van der Waals surface area (Å²) in [6.45, 7) is 0.187. The van der Waals surface area contributed by atoms with E-state index in [-0.39, 0.29) is 19.0 Å². The van der Waals surface area contributed by atoms with Crippen LogP contribution in [0.3, 0.4) is 0 Å². The van der Waals surface area contributed by atoms with Crippen molar-refractivity contribution in [3.63, 3.8) is 0 Å². The van der Waals surface area contributed by atoms with Crippen LogP contribution in [0, 0.1) is 11.6 Å². The lowest BCUT2D eigenvalue weighted by Crippen LogP contribution is -2.04. The highest BCUT2D eigenvalue weighted by Gasteiger charge is 2.08. The molecular formula is C15H15F2NO2. The topological polar surface area (TPSA) is 44.5 Å². The SMILES string of the molecule is COc1ccc(COc2ccc(F)cc2CN)c(F)c1. The third-order valence-electron chi connectivity index (χ3n) is 2.89. The summed E-state index contributed by atoms with van der Waals surface area (Å²) in [5.74, 6) is 0.0917. The van der Waals surface area contributed by atoms with E-state index >= 15 is 0 Å². The van der Waals surface area contributed by atoms with E-state index in [1.54, 1.807) is 12.1 Å². The van der Waals surface area contributed by atoms with Gasteiger partial charge in [0, 0.05) is 23.7 Å². The average Bonchev–Trinajstić information content (AvgIpc) is 2.46. The van der Waals surface area contributed by atoms with Gasteiger partial charge in [-0.2, -0.15) is 0 Å². The Morgan fingerprint density at radius 3 is 2.50 bits per heavy atom. The first-order valence-corrected chi connectivity index (χ1v) is 6.07. The average molecular weight is 279 g/mol. The Morgan fingerprint density at radius 1 is 1.05 bits per heavy atom. The quantitative estimate of drug-likeness (QED) is 0.915. The van der Waals surface area contributed by atoms with Crippen molar-refractivity contribution in [2.24, 2.45) is 5.73 Å². The molecule has 2 aromatic carbocycles. The van der Waals surface area contributed by atoms with Gasteiger partial charge in [0.2, 0.25) is 0 Å². The maximum absolute atomic E-state index is 13.7. The fraction of sp³-hybridized carbons (Fsp3) is 0.200. The van der Waals surface area contributed by atoms with Gasteiger partial charge in [-0.3, -0.25) is 0 Å². The molecule has 106 valence electrons. The first-order valence-electron chi connectivity index (χ1n) is 6.07. The molecule has 0 bridgehead atoms. The van der Waals surface area contributed by atoms with Crippen LogP contribution < -0.4 is 15.2 Å². The zero-order chi connectivity index (χ0) is 14.5. The predicted molar refractivity (Wildman–Crippen MR) is 71.6 cm³/mol. The molecular weight excluding hydrogens is 264 g/mol. The molecule has 0 saturated carbocycles. The highest BCUT2D eigenvalue weighted by Crippen LogP contribution is 2.22. The van der Waals surface area contributed by atoms with Gasteiger partial charge in [-0.15, -0.1) is 0 Å². The van der Waals surface area contributed by atoms with E-state index in [1.165, 1.54) is 31.4 Å². The van der Waals surface area contributed by atoms with E-state index in [2.05, 4.69) is 0 Å². The lowest BCUT2D eigenvalue weighted by molar-refractivity contribution is 0.295. The molecule has 0 aliphatic heterocycles. The number of ether oxygens (including phenoxy) is 2. The number of hydrogen-bond donors (Lipinski definition) is 1.